The summed E-state index contributed by atoms with van der Waals surface area (Å²) in [4.78, 5) is 57.6. The Morgan fingerprint density at radius 3 is 1.75 bits per heavy atom. The van der Waals surface area contributed by atoms with Crippen molar-refractivity contribution in [1.82, 2.24) is 0 Å². The Hall–Kier alpha value is -3.41. The number of ketones is 1. The number of ether oxygens (including phenoxy) is 2. The average Bonchev–Trinajstić information content (AvgIpc) is 3.18. The van der Waals surface area contributed by atoms with Crippen LogP contribution in [0.25, 0.3) is 0 Å². The fraction of sp³-hybridized carbons (Fsp3) is 0.636. The standard InChI is InChI=1S/C44H72NO11P/c1-3-5-7-8-9-10-11-12-13-14-15-16-17-20-24-27-31-35-43(48)56-40(37-54-57(51,52)55-38-41(45)44(49)50)36-53-42(47)34-30-26-23-21-18-19-22-25-29-33-39(46)32-28-6-4-2/h5,7,9-10,12-13,15-16,22,25,29,33,40-41H,3-4,6,8,11,14,17-21,23-24,26-28,30-32,34-38,45H2,1-2H3,(H,49,50)(H,51,52)/b7-5-,10-9-,13-12-,16-15-,25-22-,33-29+/t40-,41+/m1/s1. The zero-order valence-electron chi connectivity index (χ0n) is 34.6. The van der Waals surface area contributed by atoms with E-state index in [-0.39, 0.29) is 25.2 Å². The lowest BCUT2D eigenvalue weighted by atomic mass is 10.1. The van der Waals surface area contributed by atoms with Gasteiger partial charge in [0.05, 0.1) is 13.2 Å². The number of esters is 2. The third kappa shape index (κ3) is 37.9. The lowest BCUT2D eigenvalue weighted by molar-refractivity contribution is -0.161. The van der Waals surface area contributed by atoms with Crippen LogP contribution in [0, 0.1) is 0 Å². The molecule has 0 saturated heterocycles. The van der Waals surface area contributed by atoms with Crippen LogP contribution in [0.3, 0.4) is 0 Å². The monoisotopic (exact) mass is 821 g/mol. The molecule has 4 N–H and O–H groups in total. The number of hydrogen-bond acceptors (Lipinski definition) is 10. The molecule has 3 atom stereocenters. The third-order valence-electron chi connectivity index (χ3n) is 8.41. The molecule has 0 aliphatic rings. The number of phosphoric acid groups is 1. The number of carbonyl (C=O) groups is 4. The van der Waals surface area contributed by atoms with Crippen LogP contribution in [0.15, 0.2) is 72.9 Å². The quantitative estimate of drug-likeness (QED) is 0.0134. The molecule has 0 amide bonds. The summed E-state index contributed by atoms with van der Waals surface area (Å²) in [5.41, 5.74) is 5.32. The first-order valence-corrected chi connectivity index (χ1v) is 22.4. The summed E-state index contributed by atoms with van der Waals surface area (Å²) >= 11 is 0. The Balaban J connectivity index is 4.51. The molecule has 0 saturated carbocycles. The van der Waals surface area contributed by atoms with Gasteiger partial charge >= 0.3 is 25.7 Å². The number of carbonyl (C=O) groups excluding carboxylic acids is 3. The normalized spacial score (nSPS) is 14.4. The molecular weight excluding hydrogens is 749 g/mol. The summed E-state index contributed by atoms with van der Waals surface area (Å²) in [5, 5.41) is 8.88. The maximum Gasteiger partial charge on any atom is 0.472 e. The third-order valence-corrected chi connectivity index (χ3v) is 9.37. The van der Waals surface area contributed by atoms with Gasteiger partial charge < -0.3 is 25.2 Å². The van der Waals surface area contributed by atoms with Crippen LogP contribution in [0.5, 0.6) is 0 Å². The Morgan fingerprint density at radius 1 is 0.614 bits per heavy atom. The van der Waals surface area contributed by atoms with Crippen LogP contribution >= 0.6 is 7.82 Å². The molecule has 13 heteroatoms. The van der Waals surface area contributed by atoms with Crippen molar-refractivity contribution in [2.24, 2.45) is 5.73 Å². The van der Waals surface area contributed by atoms with Crippen molar-refractivity contribution in [3.63, 3.8) is 0 Å². The van der Waals surface area contributed by atoms with Gasteiger partial charge in [0.15, 0.2) is 11.9 Å². The van der Waals surface area contributed by atoms with Crippen molar-refractivity contribution in [3.8, 4) is 0 Å². The van der Waals surface area contributed by atoms with Crippen LogP contribution in [-0.4, -0.2) is 65.7 Å². The Kier molecular flexibility index (Phi) is 35.8. The average molecular weight is 822 g/mol. The molecule has 0 aromatic carbocycles. The number of carboxylic acids is 1. The van der Waals surface area contributed by atoms with Crippen molar-refractivity contribution in [1.29, 1.82) is 0 Å². The minimum absolute atomic E-state index is 0.112. The Labute approximate surface area is 342 Å². The maximum absolute atomic E-state index is 12.6. The molecule has 0 bridgehead atoms. The number of nitrogens with two attached hydrogens (primary N) is 1. The van der Waals surface area contributed by atoms with Crippen LogP contribution in [0.1, 0.15) is 149 Å². The highest BCUT2D eigenvalue weighted by molar-refractivity contribution is 7.47. The molecule has 0 rings (SSSR count). The van der Waals surface area contributed by atoms with E-state index in [0.717, 1.165) is 103 Å². The van der Waals surface area contributed by atoms with Gasteiger partial charge in [0, 0.05) is 19.3 Å². The van der Waals surface area contributed by atoms with E-state index in [1.807, 2.05) is 12.2 Å². The van der Waals surface area contributed by atoms with E-state index in [9.17, 15) is 28.6 Å². The zero-order chi connectivity index (χ0) is 42.2. The first kappa shape index (κ1) is 53.6. The van der Waals surface area contributed by atoms with Crippen LogP contribution in [0.4, 0.5) is 0 Å². The largest absolute Gasteiger partial charge is 0.480 e. The number of carboxylic acid groups (broad SMARTS) is 1. The first-order valence-electron chi connectivity index (χ1n) is 20.9. The molecule has 324 valence electrons. The van der Waals surface area contributed by atoms with Gasteiger partial charge in [0.25, 0.3) is 0 Å². The predicted octanol–water partition coefficient (Wildman–Crippen LogP) is 10.1. The van der Waals surface area contributed by atoms with E-state index in [1.165, 1.54) is 0 Å². The van der Waals surface area contributed by atoms with Gasteiger partial charge in [0.2, 0.25) is 0 Å². The summed E-state index contributed by atoms with van der Waals surface area (Å²) in [5.74, 6) is -2.34. The molecule has 0 aromatic rings. The molecule has 0 radical (unpaired) electrons. The van der Waals surface area contributed by atoms with Crippen molar-refractivity contribution in [2.45, 2.75) is 161 Å². The van der Waals surface area contributed by atoms with Gasteiger partial charge in [-0.25, -0.2) is 4.57 Å². The predicted molar refractivity (Wildman–Crippen MR) is 226 cm³/mol. The van der Waals surface area contributed by atoms with Crippen molar-refractivity contribution >= 4 is 31.5 Å². The molecule has 0 heterocycles. The molecule has 0 spiro atoms. The SMILES string of the molecule is CC/C=C\C/C=C\C/C=C\C/C=C\CCCCCCC(=O)O[C@H](COC(=O)CCCCCCC/C=C\C=C\C(=O)CCCCC)COP(=O)(O)OC[C@H](N)C(=O)O. The van der Waals surface area contributed by atoms with E-state index >= 15 is 0 Å². The maximum atomic E-state index is 12.6. The number of allylic oxidation sites excluding steroid dienone is 12. The van der Waals surface area contributed by atoms with Crippen molar-refractivity contribution < 1.29 is 52.3 Å². The summed E-state index contributed by atoms with van der Waals surface area (Å²) < 4.78 is 32.6. The highest BCUT2D eigenvalue weighted by Crippen LogP contribution is 2.43. The van der Waals surface area contributed by atoms with Crippen LogP contribution in [-0.2, 0) is 42.3 Å². The molecule has 0 fully saturated rings. The van der Waals surface area contributed by atoms with Gasteiger partial charge in [-0.15, -0.1) is 0 Å². The molecule has 1 unspecified atom stereocenters. The fourth-order valence-corrected chi connectivity index (χ4v) is 5.87. The second-order valence-corrected chi connectivity index (χ2v) is 15.2. The van der Waals surface area contributed by atoms with Crippen LogP contribution in [0.2, 0.25) is 0 Å². The highest BCUT2D eigenvalue weighted by Gasteiger charge is 2.28. The van der Waals surface area contributed by atoms with Gasteiger partial charge in [-0.05, 0) is 76.7 Å². The van der Waals surface area contributed by atoms with E-state index in [1.54, 1.807) is 12.2 Å². The van der Waals surface area contributed by atoms with Crippen molar-refractivity contribution in [3.05, 3.63) is 72.9 Å². The Bertz CT molecular complexity index is 1300. The molecule has 57 heavy (non-hydrogen) atoms. The van der Waals surface area contributed by atoms with Crippen molar-refractivity contribution in [2.75, 3.05) is 19.8 Å². The number of phosphoric ester groups is 1. The number of rotatable bonds is 38. The minimum Gasteiger partial charge on any atom is -0.480 e. The second kappa shape index (κ2) is 38.1. The van der Waals surface area contributed by atoms with E-state index in [0.29, 0.717) is 19.3 Å². The van der Waals surface area contributed by atoms with Crippen LogP contribution < -0.4 is 5.73 Å². The molecule has 12 nitrogen and oxygen atoms in total. The molecule has 0 aromatic heterocycles. The second-order valence-electron chi connectivity index (χ2n) is 13.8. The Morgan fingerprint density at radius 2 is 1.14 bits per heavy atom. The lowest BCUT2D eigenvalue weighted by Crippen LogP contribution is -2.34. The van der Waals surface area contributed by atoms with Gasteiger partial charge in [-0.2, -0.15) is 0 Å². The number of hydrogen-bond donors (Lipinski definition) is 3. The smallest absolute Gasteiger partial charge is 0.472 e. The molecule has 0 aliphatic heterocycles. The van der Waals surface area contributed by atoms with Gasteiger partial charge in [-0.3, -0.25) is 28.2 Å². The summed E-state index contributed by atoms with van der Waals surface area (Å²) in [7, 11) is -4.75. The zero-order valence-corrected chi connectivity index (χ0v) is 35.5. The minimum atomic E-state index is -4.75. The van der Waals surface area contributed by atoms with E-state index < -0.39 is 51.1 Å². The fourth-order valence-electron chi connectivity index (χ4n) is 5.09. The van der Waals surface area contributed by atoms with E-state index in [4.69, 9.17) is 24.8 Å². The lowest BCUT2D eigenvalue weighted by Gasteiger charge is -2.20. The van der Waals surface area contributed by atoms with E-state index in [2.05, 4.69) is 67.0 Å². The van der Waals surface area contributed by atoms with Gasteiger partial charge in [0.1, 0.15) is 12.6 Å². The number of unbranched alkanes of at least 4 members (excludes halogenated alkanes) is 11. The highest BCUT2D eigenvalue weighted by atomic mass is 31.2. The van der Waals surface area contributed by atoms with Gasteiger partial charge in [-0.1, -0.05) is 126 Å². The molecular formula is C44H72NO11P. The number of aliphatic carboxylic acids is 1. The first-order chi connectivity index (χ1) is 27.5. The topological polar surface area (TPSA) is 189 Å². The summed E-state index contributed by atoms with van der Waals surface area (Å²) in [6.07, 6.45) is 40.9. The molecule has 0 aliphatic carbocycles. The summed E-state index contributed by atoms with van der Waals surface area (Å²) in [6.45, 7) is 2.45. The summed E-state index contributed by atoms with van der Waals surface area (Å²) in [6, 6.07) is -1.54.